The van der Waals surface area contributed by atoms with Crippen LogP contribution in [0.25, 0.3) is 0 Å². The van der Waals surface area contributed by atoms with Gasteiger partial charge in [-0.1, -0.05) is 31.5 Å². The summed E-state index contributed by atoms with van der Waals surface area (Å²) < 4.78 is 4.84. The number of nitrogens with one attached hydrogen (secondary N) is 1. The van der Waals surface area contributed by atoms with E-state index in [1.165, 1.54) is 32.1 Å². The molecule has 1 N–H and O–H groups in total. The van der Waals surface area contributed by atoms with Gasteiger partial charge in [-0.25, -0.2) is 4.79 Å². The molecule has 0 amide bonds. The van der Waals surface area contributed by atoms with Crippen molar-refractivity contribution in [2.45, 2.75) is 44.0 Å². The maximum Gasteiger partial charge on any atom is 0.338 e. The van der Waals surface area contributed by atoms with Crippen LogP contribution in [0.3, 0.4) is 0 Å². The van der Waals surface area contributed by atoms with E-state index in [0.717, 1.165) is 12.1 Å². The highest BCUT2D eigenvalue weighted by Crippen LogP contribution is 2.30. The second-order valence-corrected chi connectivity index (χ2v) is 6.58. The molecular weight excluding hydrogens is 270 g/mol. The molecule has 1 fully saturated rings. The Morgan fingerprint density at radius 2 is 2.20 bits per heavy atom. The van der Waals surface area contributed by atoms with Gasteiger partial charge >= 0.3 is 5.97 Å². The van der Waals surface area contributed by atoms with Gasteiger partial charge in [-0.3, -0.25) is 0 Å². The van der Waals surface area contributed by atoms with Crippen LogP contribution in [0.5, 0.6) is 0 Å². The van der Waals surface area contributed by atoms with Crippen molar-refractivity contribution >= 4 is 17.7 Å². The first kappa shape index (κ1) is 15.4. The molecule has 0 spiro atoms. The van der Waals surface area contributed by atoms with E-state index in [-0.39, 0.29) is 5.97 Å². The molecule has 1 aliphatic carbocycles. The summed E-state index contributed by atoms with van der Waals surface area (Å²) in [5.74, 6) is 0.912. The number of hydrogen-bond acceptors (Lipinski definition) is 4. The summed E-state index contributed by atoms with van der Waals surface area (Å²) in [7, 11) is 1.43. The smallest absolute Gasteiger partial charge is 0.338 e. The van der Waals surface area contributed by atoms with Gasteiger partial charge in [0.25, 0.3) is 0 Å². The molecule has 2 rings (SSSR count). The van der Waals surface area contributed by atoms with Crippen molar-refractivity contribution in [3.63, 3.8) is 0 Å². The molecule has 0 saturated heterocycles. The number of methoxy groups -OCH3 is 1. The van der Waals surface area contributed by atoms with Gasteiger partial charge in [0.1, 0.15) is 0 Å². The number of carbonyl (C=O) groups is 1. The average Bonchev–Trinajstić information content (AvgIpc) is 2.92. The van der Waals surface area contributed by atoms with E-state index in [9.17, 15) is 4.79 Å². The zero-order chi connectivity index (χ0) is 14.4. The van der Waals surface area contributed by atoms with Crippen molar-refractivity contribution in [2.75, 3.05) is 12.9 Å². The van der Waals surface area contributed by atoms with Crippen LogP contribution in [0.2, 0.25) is 0 Å². The van der Waals surface area contributed by atoms with Crippen LogP contribution in [0.4, 0.5) is 0 Å². The number of hydrogen-bond donors (Lipinski definition) is 1. The lowest BCUT2D eigenvalue weighted by Crippen LogP contribution is -2.34. The van der Waals surface area contributed by atoms with Crippen LogP contribution in [0.1, 0.15) is 42.1 Å². The summed E-state index contributed by atoms with van der Waals surface area (Å²) in [6, 6.07) is 8.23. The quantitative estimate of drug-likeness (QED) is 0.817. The fraction of sp³-hybridized carbons (Fsp3) is 0.562. The first-order valence-corrected chi connectivity index (χ1v) is 8.32. The van der Waals surface area contributed by atoms with E-state index >= 15 is 0 Å². The molecule has 110 valence electrons. The van der Waals surface area contributed by atoms with Crippen molar-refractivity contribution < 1.29 is 9.53 Å². The number of carbonyl (C=O) groups excluding carboxylic acids is 1. The van der Waals surface area contributed by atoms with E-state index < -0.39 is 0 Å². The van der Waals surface area contributed by atoms with Gasteiger partial charge < -0.3 is 10.1 Å². The van der Waals surface area contributed by atoms with Crippen LogP contribution in [-0.2, 0) is 11.3 Å². The van der Waals surface area contributed by atoms with E-state index in [0.29, 0.717) is 16.9 Å². The lowest BCUT2D eigenvalue weighted by molar-refractivity contribution is 0.0599. The van der Waals surface area contributed by atoms with Gasteiger partial charge in [-0.15, -0.1) is 0 Å². The molecule has 0 aliphatic heterocycles. The Balaban J connectivity index is 1.98. The van der Waals surface area contributed by atoms with Gasteiger partial charge in [-0.05, 0) is 30.2 Å². The summed E-state index contributed by atoms with van der Waals surface area (Å²) in [6.07, 6.45) is 3.83. The third kappa shape index (κ3) is 3.76. The molecule has 0 aromatic heterocycles. The van der Waals surface area contributed by atoms with Gasteiger partial charge in [0.2, 0.25) is 0 Å². The zero-order valence-electron chi connectivity index (χ0n) is 12.2. The van der Waals surface area contributed by atoms with Crippen molar-refractivity contribution in [1.29, 1.82) is 0 Å². The van der Waals surface area contributed by atoms with E-state index in [2.05, 4.69) is 12.2 Å². The van der Waals surface area contributed by atoms with Crippen molar-refractivity contribution in [2.24, 2.45) is 0 Å². The lowest BCUT2D eigenvalue weighted by atomic mass is 10.1. The fourth-order valence-corrected chi connectivity index (χ4v) is 4.02. The predicted octanol–water partition coefficient (Wildman–Crippen LogP) is 3.24. The fourth-order valence-electron chi connectivity index (χ4n) is 2.80. The van der Waals surface area contributed by atoms with Crippen molar-refractivity contribution in [3.05, 3.63) is 35.4 Å². The second-order valence-electron chi connectivity index (χ2n) is 5.06. The second kappa shape index (κ2) is 7.70. The molecule has 0 radical (unpaired) electrons. The summed E-state index contributed by atoms with van der Waals surface area (Å²) in [6.45, 7) is 2.95. The molecule has 1 aromatic carbocycles. The SMILES string of the molecule is CCSC1CCCC1NCc1ccccc1C(=O)OC. The first-order valence-electron chi connectivity index (χ1n) is 7.27. The summed E-state index contributed by atoms with van der Waals surface area (Å²) in [5, 5.41) is 4.34. The molecule has 1 aromatic rings. The number of rotatable bonds is 6. The molecule has 2 atom stereocenters. The molecule has 2 unspecified atom stereocenters. The Morgan fingerprint density at radius 3 is 2.95 bits per heavy atom. The maximum atomic E-state index is 11.7. The molecule has 0 bridgehead atoms. The monoisotopic (exact) mass is 293 g/mol. The molecule has 4 heteroatoms. The lowest BCUT2D eigenvalue weighted by Gasteiger charge is -2.20. The van der Waals surface area contributed by atoms with Crippen molar-refractivity contribution in [3.8, 4) is 0 Å². The zero-order valence-corrected chi connectivity index (χ0v) is 13.0. The first-order chi connectivity index (χ1) is 9.76. The summed E-state index contributed by atoms with van der Waals surface area (Å²) in [4.78, 5) is 11.7. The Bertz CT molecular complexity index is 450. The number of benzene rings is 1. The van der Waals surface area contributed by atoms with E-state index in [1.54, 1.807) is 0 Å². The minimum atomic E-state index is -0.256. The summed E-state index contributed by atoms with van der Waals surface area (Å²) >= 11 is 2.04. The van der Waals surface area contributed by atoms with Gasteiger partial charge in [-0.2, -0.15) is 11.8 Å². The normalized spacial score (nSPS) is 21.9. The van der Waals surface area contributed by atoms with Gasteiger partial charge in [0, 0.05) is 17.8 Å². The highest BCUT2D eigenvalue weighted by molar-refractivity contribution is 7.99. The van der Waals surface area contributed by atoms with Gasteiger partial charge in [0.15, 0.2) is 0 Å². The molecule has 3 nitrogen and oxygen atoms in total. The topological polar surface area (TPSA) is 38.3 Å². The van der Waals surface area contributed by atoms with Crippen LogP contribution in [0, 0.1) is 0 Å². The molecular formula is C16H23NO2S. The Morgan fingerprint density at radius 1 is 1.40 bits per heavy atom. The van der Waals surface area contributed by atoms with E-state index in [4.69, 9.17) is 4.74 Å². The predicted molar refractivity (Wildman–Crippen MR) is 84.2 cm³/mol. The summed E-state index contributed by atoms with van der Waals surface area (Å²) in [5.41, 5.74) is 1.69. The minimum absolute atomic E-state index is 0.256. The molecule has 1 saturated carbocycles. The maximum absolute atomic E-state index is 11.7. The van der Waals surface area contributed by atoms with Crippen molar-refractivity contribution in [1.82, 2.24) is 5.32 Å². The Hall–Kier alpha value is -1.00. The van der Waals surface area contributed by atoms with Crippen LogP contribution in [0.15, 0.2) is 24.3 Å². The number of ether oxygens (including phenoxy) is 1. The average molecular weight is 293 g/mol. The number of esters is 1. The van der Waals surface area contributed by atoms with E-state index in [1.807, 2.05) is 36.0 Å². The molecule has 1 aliphatic rings. The highest BCUT2D eigenvalue weighted by atomic mass is 32.2. The van der Waals surface area contributed by atoms with Gasteiger partial charge in [0.05, 0.1) is 12.7 Å². The largest absolute Gasteiger partial charge is 0.465 e. The third-order valence-electron chi connectivity index (χ3n) is 3.81. The minimum Gasteiger partial charge on any atom is -0.465 e. The third-order valence-corrected chi connectivity index (χ3v) is 5.14. The Kier molecular flexibility index (Phi) is 5.92. The van der Waals surface area contributed by atoms with Crippen LogP contribution >= 0.6 is 11.8 Å². The Labute approximate surface area is 125 Å². The molecule has 0 heterocycles. The highest BCUT2D eigenvalue weighted by Gasteiger charge is 2.26. The van der Waals surface area contributed by atoms with Crippen LogP contribution in [-0.4, -0.2) is 30.1 Å². The molecule has 20 heavy (non-hydrogen) atoms. The van der Waals surface area contributed by atoms with Crippen LogP contribution < -0.4 is 5.32 Å². The number of thioether (sulfide) groups is 1. The standard InChI is InChI=1S/C16H23NO2S/c1-3-20-15-10-6-9-14(15)17-11-12-7-4-5-8-13(12)16(18)19-2/h4-5,7-8,14-15,17H,3,6,9-11H2,1-2H3.